The Kier molecular flexibility index (Phi) is 7.71. The third kappa shape index (κ3) is 5.11. The SMILES string of the molecule is COCCN1C(=O)C(=O)/C(=C(/O)c2ccc(C)cc2)C1c1ccc(OCc2ccccc2)c(OC)c1. The molecular weight excluding hydrogens is 458 g/mol. The highest BCUT2D eigenvalue weighted by atomic mass is 16.5. The average Bonchev–Trinajstić information content (AvgIpc) is 3.16. The molecule has 0 bridgehead atoms. The summed E-state index contributed by atoms with van der Waals surface area (Å²) >= 11 is 0. The maximum absolute atomic E-state index is 13.1. The van der Waals surface area contributed by atoms with Crippen molar-refractivity contribution in [2.45, 2.75) is 19.6 Å². The summed E-state index contributed by atoms with van der Waals surface area (Å²) in [5.74, 6) is -0.665. The largest absolute Gasteiger partial charge is 0.507 e. The second kappa shape index (κ2) is 11.1. The van der Waals surface area contributed by atoms with Gasteiger partial charge in [-0.2, -0.15) is 0 Å². The summed E-state index contributed by atoms with van der Waals surface area (Å²) in [6.45, 7) is 2.71. The third-order valence-electron chi connectivity index (χ3n) is 6.14. The van der Waals surface area contributed by atoms with Crippen molar-refractivity contribution in [2.75, 3.05) is 27.4 Å². The van der Waals surface area contributed by atoms with Crippen molar-refractivity contribution in [1.82, 2.24) is 4.90 Å². The first-order chi connectivity index (χ1) is 17.4. The first-order valence-electron chi connectivity index (χ1n) is 11.6. The normalized spacial score (nSPS) is 16.9. The lowest BCUT2D eigenvalue weighted by Gasteiger charge is -2.25. The summed E-state index contributed by atoms with van der Waals surface area (Å²) in [6.07, 6.45) is 0. The van der Waals surface area contributed by atoms with Crippen molar-refractivity contribution in [3.05, 3.63) is 101 Å². The van der Waals surface area contributed by atoms with Crippen LogP contribution in [-0.4, -0.2) is 49.1 Å². The molecule has 1 amide bonds. The van der Waals surface area contributed by atoms with Gasteiger partial charge < -0.3 is 24.2 Å². The van der Waals surface area contributed by atoms with Gasteiger partial charge in [-0.1, -0.05) is 66.2 Å². The van der Waals surface area contributed by atoms with Gasteiger partial charge >= 0.3 is 0 Å². The molecule has 36 heavy (non-hydrogen) atoms. The van der Waals surface area contributed by atoms with Gasteiger partial charge in [-0.05, 0) is 30.2 Å². The molecule has 1 unspecified atom stereocenters. The first kappa shape index (κ1) is 25.0. The molecule has 0 aliphatic carbocycles. The highest BCUT2D eigenvalue weighted by Crippen LogP contribution is 2.42. The molecular formula is C29H29NO6. The van der Waals surface area contributed by atoms with Crippen LogP contribution in [-0.2, 0) is 20.9 Å². The summed E-state index contributed by atoms with van der Waals surface area (Å²) in [7, 11) is 3.06. The van der Waals surface area contributed by atoms with E-state index in [1.165, 1.54) is 19.1 Å². The molecule has 1 heterocycles. The van der Waals surface area contributed by atoms with Crippen LogP contribution in [0.4, 0.5) is 0 Å². The number of hydrogen-bond acceptors (Lipinski definition) is 6. The Bertz CT molecular complexity index is 1270. The molecule has 4 rings (SSSR count). The molecule has 3 aromatic carbocycles. The molecule has 0 aromatic heterocycles. The molecule has 0 saturated carbocycles. The molecule has 186 valence electrons. The van der Waals surface area contributed by atoms with Crippen molar-refractivity contribution in [1.29, 1.82) is 0 Å². The van der Waals surface area contributed by atoms with Gasteiger partial charge in [-0.15, -0.1) is 0 Å². The van der Waals surface area contributed by atoms with Crippen molar-refractivity contribution >= 4 is 17.4 Å². The van der Waals surface area contributed by atoms with E-state index < -0.39 is 17.7 Å². The van der Waals surface area contributed by atoms with Gasteiger partial charge in [0.15, 0.2) is 11.5 Å². The molecule has 1 N–H and O–H groups in total. The van der Waals surface area contributed by atoms with E-state index in [0.717, 1.165) is 11.1 Å². The van der Waals surface area contributed by atoms with Crippen molar-refractivity contribution in [3.8, 4) is 11.5 Å². The lowest BCUT2D eigenvalue weighted by atomic mass is 9.94. The van der Waals surface area contributed by atoms with Crippen LogP contribution in [0.25, 0.3) is 5.76 Å². The Morgan fingerprint density at radius 2 is 1.67 bits per heavy atom. The second-order valence-corrected chi connectivity index (χ2v) is 8.54. The molecule has 1 aliphatic heterocycles. The van der Waals surface area contributed by atoms with E-state index >= 15 is 0 Å². The molecule has 1 atom stereocenters. The first-order valence-corrected chi connectivity index (χ1v) is 11.6. The topological polar surface area (TPSA) is 85.3 Å². The lowest BCUT2D eigenvalue weighted by molar-refractivity contribution is -0.140. The van der Waals surface area contributed by atoms with E-state index in [2.05, 4.69) is 0 Å². The molecule has 0 spiro atoms. The third-order valence-corrected chi connectivity index (χ3v) is 6.14. The number of carbonyl (C=O) groups is 2. The van der Waals surface area contributed by atoms with Gasteiger partial charge in [0.05, 0.1) is 25.3 Å². The Morgan fingerprint density at radius 3 is 2.33 bits per heavy atom. The van der Waals surface area contributed by atoms with E-state index in [0.29, 0.717) is 29.2 Å². The second-order valence-electron chi connectivity index (χ2n) is 8.54. The summed E-state index contributed by atoms with van der Waals surface area (Å²) in [4.78, 5) is 27.5. The number of Topliss-reactive ketones (excluding diaryl/α,β-unsaturated/α-hetero) is 1. The highest BCUT2D eigenvalue weighted by molar-refractivity contribution is 6.46. The standard InChI is InChI=1S/C29H29NO6/c1-19-9-11-21(12-10-19)27(31)25-26(30(15-16-34-2)29(33)28(25)32)22-13-14-23(24(17-22)35-3)36-18-20-7-5-4-6-8-20/h4-14,17,26,31H,15-16,18H2,1-3H3/b27-25+. The minimum Gasteiger partial charge on any atom is -0.507 e. The highest BCUT2D eigenvalue weighted by Gasteiger charge is 2.46. The van der Waals surface area contributed by atoms with Gasteiger partial charge in [0, 0.05) is 19.2 Å². The molecule has 3 aromatic rings. The number of ketones is 1. The average molecular weight is 488 g/mol. The Labute approximate surface area is 210 Å². The van der Waals surface area contributed by atoms with Crippen molar-refractivity contribution in [3.63, 3.8) is 0 Å². The van der Waals surface area contributed by atoms with Crippen LogP contribution in [0.3, 0.4) is 0 Å². The van der Waals surface area contributed by atoms with Crippen LogP contribution >= 0.6 is 0 Å². The number of amides is 1. The zero-order valence-corrected chi connectivity index (χ0v) is 20.6. The predicted octanol–water partition coefficient (Wildman–Crippen LogP) is 4.65. The number of aryl methyl sites for hydroxylation is 1. The van der Waals surface area contributed by atoms with E-state index in [1.54, 1.807) is 30.3 Å². The van der Waals surface area contributed by atoms with E-state index in [1.807, 2.05) is 49.4 Å². The van der Waals surface area contributed by atoms with Crippen LogP contribution in [0.15, 0.2) is 78.4 Å². The zero-order valence-electron chi connectivity index (χ0n) is 20.6. The minimum absolute atomic E-state index is 0.0277. The van der Waals surface area contributed by atoms with Crippen LogP contribution in [0, 0.1) is 6.92 Å². The lowest BCUT2D eigenvalue weighted by Crippen LogP contribution is -2.32. The maximum atomic E-state index is 13.1. The zero-order chi connectivity index (χ0) is 25.7. The predicted molar refractivity (Wildman–Crippen MR) is 136 cm³/mol. The smallest absolute Gasteiger partial charge is 0.295 e. The molecule has 7 nitrogen and oxygen atoms in total. The van der Waals surface area contributed by atoms with Crippen molar-refractivity contribution in [2.24, 2.45) is 0 Å². The minimum atomic E-state index is -0.807. The summed E-state index contributed by atoms with van der Waals surface area (Å²) in [6, 6.07) is 21.3. The van der Waals surface area contributed by atoms with Gasteiger partial charge in [0.2, 0.25) is 0 Å². The fourth-order valence-corrected chi connectivity index (χ4v) is 4.22. The number of methoxy groups -OCH3 is 2. The molecule has 7 heteroatoms. The van der Waals surface area contributed by atoms with Crippen molar-refractivity contribution < 1.29 is 28.9 Å². The number of ether oxygens (including phenoxy) is 3. The van der Waals surface area contributed by atoms with Gasteiger partial charge in [0.1, 0.15) is 12.4 Å². The fraction of sp³-hybridized carbons (Fsp3) is 0.241. The van der Waals surface area contributed by atoms with Gasteiger partial charge in [-0.3, -0.25) is 9.59 Å². The fourth-order valence-electron chi connectivity index (χ4n) is 4.22. The molecule has 1 saturated heterocycles. The van der Waals surface area contributed by atoms with Crippen LogP contribution in [0.1, 0.15) is 28.3 Å². The van der Waals surface area contributed by atoms with E-state index in [-0.39, 0.29) is 24.5 Å². The Hall–Kier alpha value is -4.10. The number of aliphatic hydroxyl groups is 1. The number of hydrogen-bond donors (Lipinski definition) is 1. The summed E-state index contributed by atoms with van der Waals surface area (Å²) in [5.41, 5.74) is 3.13. The molecule has 0 radical (unpaired) electrons. The number of benzene rings is 3. The number of nitrogens with zero attached hydrogens (tertiary/aromatic N) is 1. The van der Waals surface area contributed by atoms with Crippen LogP contribution in [0.2, 0.25) is 0 Å². The summed E-state index contributed by atoms with van der Waals surface area (Å²) < 4.78 is 16.7. The quantitative estimate of drug-likeness (QED) is 0.269. The van der Waals surface area contributed by atoms with E-state index in [9.17, 15) is 14.7 Å². The number of carbonyl (C=O) groups excluding carboxylic acids is 2. The monoisotopic (exact) mass is 487 g/mol. The Morgan fingerprint density at radius 1 is 0.944 bits per heavy atom. The van der Waals surface area contributed by atoms with Gasteiger partial charge in [0.25, 0.3) is 11.7 Å². The molecule has 1 aliphatic rings. The van der Waals surface area contributed by atoms with E-state index in [4.69, 9.17) is 14.2 Å². The summed E-state index contributed by atoms with van der Waals surface area (Å²) in [5, 5.41) is 11.2. The van der Waals surface area contributed by atoms with Crippen LogP contribution < -0.4 is 9.47 Å². The van der Waals surface area contributed by atoms with Crippen LogP contribution in [0.5, 0.6) is 11.5 Å². The number of rotatable bonds is 9. The number of aliphatic hydroxyl groups excluding tert-OH is 1. The van der Waals surface area contributed by atoms with Gasteiger partial charge in [-0.25, -0.2) is 0 Å². The molecule has 1 fully saturated rings. The Balaban J connectivity index is 1.74. The maximum Gasteiger partial charge on any atom is 0.295 e. The number of likely N-dealkylation sites (tertiary alicyclic amines) is 1.